The maximum absolute atomic E-state index is 11.8. The minimum absolute atomic E-state index is 0.0933. The molecular formula is C21H36N4O4S. The predicted molar refractivity (Wildman–Crippen MR) is 121 cm³/mol. The lowest BCUT2D eigenvalue weighted by Crippen LogP contribution is -2.47. The van der Waals surface area contributed by atoms with Crippen molar-refractivity contribution in [2.75, 3.05) is 26.0 Å². The van der Waals surface area contributed by atoms with Crippen molar-refractivity contribution in [3.8, 4) is 0 Å². The SMILES string of the molecule is CCNC(=NCc1ccc(S(C)(=O)=O)c(C)c1)NCC(CC(C)C)NC(=O)OCC. The molecule has 0 saturated carbocycles. The summed E-state index contributed by atoms with van der Waals surface area (Å²) in [5.41, 5.74) is 1.62. The first kappa shape index (κ1) is 25.7. The van der Waals surface area contributed by atoms with Crippen LogP contribution in [0.3, 0.4) is 0 Å². The maximum atomic E-state index is 11.8. The molecule has 0 fully saturated rings. The largest absolute Gasteiger partial charge is 0.450 e. The number of nitrogens with zero attached hydrogens (tertiary/aromatic N) is 1. The second-order valence-electron chi connectivity index (χ2n) is 7.64. The summed E-state index contributed by atoms with van der Waals surface area (Å²) in [6.07, 6.45) is 1.59. The number of aliphatic imine (C=N–C) groups is 1. The van der Waals surface area contributed by atoms with Gasteiger partial charge in [0, 0.05) is 25.4 Å². The van der Waals surface area contributed by atoms with Gasteiger partial charge in [-0.1, -0.05) is 26.0 Å². The summed E-state index contributed by atoms with van der Waals surface area (Å²) < 4.78 is 28.5. The van der Waals surface area contributed by atoms with Gasteiger partial charge in [-0.05, 0) is 50.3 Å². The van der Waals surface area contributed by atoms with Crippen molar-refractivity contribution in [2.24, 2.45) is 10.9 Å². The Balaban J connectivity index is 2.83. The van der Waals surface area contributed by atoms with Crippen molar-refractivity contribution in [3.05, 3.63) is 29.3 Å². The van der Waals surface area contributed by atoms with Gasteiger partial charge in [0.1, 0.15) is 0 Å². The standard InChI is InChI=1S/C21H36N4O4S/c1-7-22-20(24-14-18(11-15(3)4)25-21(26)29-8-2)23-13-17-9-10-19(16(5)12-17)30(6,27)28/h9-10,12,15,18H,7-8,11,13-14H2,1-6H3,(H,25,26)(H2,22,23,24). The highest BCUT2D eigenvalue weighted by Gasteiger charge is 2.15. The quantitative estimate of drug-likeness (QED) is 0.381. The number of hydrogen-bond acceptors (Lipinski definition) is 5. The lowest BCUT2D eigenvalue weighted by atomic mass is 10.0. The second kappa shape index (κ2) is 12.4. The van der Waals surface area contributed by atoms with E-state index in [1.165, 1.54) is 6.26 Å². The van der Waals surface area contributed by atoms with Gasteiger partial charge >= 0.3 is 6.09 Å². The third-order valence-electron chi connectivity index (χ3n) is 4.27. The van der Waals surface area contributed by atoms with E-state index in [4.69, 9.17) is 4.74 Å². The van der Waals surface area contributed by atoms with E-state index in [9.17, 15) is 13.2 Å². The maximum Gasteiger partial charge on any atom is 0.407 e. The molecule has 0 heterocycles. The number of hydrogen-bond donors (Lipinski definition) is 3. The van der Waals surface area contributed by atoms with Gasteiger partial charge in [0.25, 0.3) is 0 Å². The van der Waals surface area contributed by atoms with E-state index in [1.807, 2.05) is 13.0 Å². The van der Waals surface area contributed by atoms with Gasteiger partial charge in [-0.15, -0.1) is 0 Å². The first-order chi connectivity index (χ1) is 14.1. The zero-order chi connectivity index (χ0) is 22.7. The summed E-state index contributed by atoms with van der Waals surface area (Å²) in [5, 5.41) is 9.34. The summed E-state index contributed by atoms with van der Waals surface area (Å²) in [6, 6.07) is 5.15. The molecule has 0 aliphatic rings. The summed E-state index contributed by atoms with van der Waals surface area (Å²) in [6.45, 7) is 11.7. The number of ether oxygens (including phenoxy) is 1. The normalized spacial score (nSPS) is 13.1. The van der Waals surface area contributed by atoms with E-state index in [-0.39, 0.29) is 6.04 Å². The van der Waals surface area contributed by atoms with Crippen LogP contribution in [0, 0.1) is 12.8 Å². The lowest BCUT2D eigenvalue weighted by Gasteiger charge is -2.22. The smallest absolute Gasteiger partial charge is 0.407 e. The molecular weight excluding hydrogens is 404 g/mol. The van der Waals surface area contributed by atoms with E-state index in [1.54, 1.807) is 26.0 Å². The van der Waals surface area contributed by atoms with Crippen molar-refractivity contribution < 1.29 is 17.9 Å². The fraction of sp³-hybridized carbons (Fsp3) is 0.619. The highest BCUT2D eigenvalue weighted by molar-refractivity contribution is 7.90. The predicted octanol–water partition coefficient (Wildman–Crippen LogP) is 2.61. The van der Waals surface area contributed by atoms with Crippen molar-refractivity contribution in [1.29, 1.82) is 0 Å². The number of carbonyl (C=O) groups is 1. The molecule has 0 saturated heterocycles. The third-order valence-corrected chi connectivity index (χ3v) is 5.53. The number of aryl methyl sites for hydroxylation is 1. The van der Waals surface area contributed by atoms with Crippen LogP contribution in [0.15, 0.2) is 28.1 Å². The number of guanidine groups is 1. The highest BCUT2D eigenvalue weighted by Crippen LogP contribution is 2.17. The molecule has 0 aromatic heterocycles. The summed E-state index contributed by atoms with van der Waals surface area (Å²) in [7, 11) is -3.24. The molecule has 3 N–H and O–H groups in total. The van der Waals surface area contributed by atoms with Gasteiger partial charge in [0.05, 0.1) is 18.0 Å². The number of nitrogens with one attached hydrogen (secondary N) is 3. The van der Waals surface area contributed by atoms with Crippen molar-refractivity contribution in [2.45, 2.75) is 58.5 Å². The Morgan fingerprint density at radius 3 is 2.43 bits per heavy atom. The minimum Gasteiger partial charge on any atom is -0.450 e. The number of rotatable bonds is 10. The molecule has 1 aromatic rings. The number of amides is 1. The Labute approximate surface area is 180 Å². The van der Waals surface area contributed by atoms with Gasteiger partial charge < -0.3 is 20.7 Å². The van der Waals surface area contributed by atoms with E-state index < -0.39 is 15.9 Å². The average molecular weight is 441 g/mol. The topological polar surface area (TPSA) is 109 Å². The third kappa shape index (κ3) is 9.47. The van der Waals surface area contributed by atoms with Gasteiger partial charge in [-0.3, -0.25) is 0 Å². The molecule has 0 spiro atoms. The van der Waals surface area contributed by atoms with Crippen LogP contribution >= 0.6 is 0 Å². The van der Waals surface area contributed by atoms with Crippen molar-refractivity contribution in [1.82, 2.24) is 16.0 Å². The van der Waals surface area contributed by atoms with E-state index in [2.05, 4.69) is 34.8 Å². The Hall–Kier alpha value is -2.29. The lowest BCUT2D eigenvalue weighted by molar-refractivity contribution is 0.146. The number of sulfone groups is 1. The van der Waals surface area contributed by atoms with Crippen LogP contribution in [0.1, 0.15) is 45.2 Å². The molecule has 0 aliphatic carbocycles. The molecule has 0 bridgehead atoms. The van der Waals surface area contributed by atoms with Gasteiger partial charge in [-0.2, -0.15) is 0 Å². The van der Waals surface area contributed by atoms with Gasteiger partial charge in [-0.25, -0.2) is 18.2 Å². The molecule has 1 unspecified atom stereocenters. The Bertz CT molecular complexity index is 822. The minimum atomic E-state index is -3.24. The molecule has 1 amide bonds. The Morgan fingerprint density at radius 2 is 1.90 bits per heavy atom. The second-order valence-corrected chi connectivity index (χ2v) is 9.62. The van der Waals surface area contributed by atoms with Crippen LogP contribution in [0.5, 0.6) is 0 Å². The van der Waals surface area contributed by atoms with E-state index >= 15 is 0 Å². The molecule has 30 heavy (non-hydrogen) atoms. The fourth-order valence-electron chi connectivity index (χ4n) is 3.06. The Kier molecular flexibility index (Phi) is 10.7. The van der Waals surface area contributed by atoms with Crippen LogP contribution in [0.4, 0.5) is 4.79 Å². The average Bonchev–Trinajstić information content (AvgIpc) is 2.62. The highest BCUT2D eigenvalue weighted by atomic mass is 32.2. The monoisotopic (exact) mass is 440 g/mol. The summed E-state index contributed by atoms with van der Waals surface area (Å²) in [4.78, 5) is 16.7. The summed E-state index contributed by atoms with van der Waals surface area (Å²) >= 11 is 0. The van der Waals surface area contributed by atoms with Crippen molar-refractivity contribution >= 4 is 21.9 Å². The van der Waals surface area contributed by atoms with Crippen LogP contribution in [-0.2, 0) is 21.1 Å². The first-order valence-corrected chi connectivity index (χ1v) is 12.2. The molecule has 1 rings (SSSR count). The molecule has 9 heteroatoms. The van der Waals surface area contributed by atoms with Crippen LogP contribution in [0.25, 0.3) is 0 Å². The number of benzene rings is 1. The summed E-state index contributed by atoms with van der Waals surface area (Å²) in [5.74, 6) is 1.04. The van der Waals surface area contributed by atoms with E-state index in [0.29, 0.717) is 48.6 Å². The molecule has 1 aromatic carbocycles. The van der Waals surface area contributed by atoms with Crippen molar-refractivity contribution in [3.63, 3.8) is 0 Å². The molecule has 1 atom stereocenters. The van der Waals surface area contributed by atoms with Crippen LogP contribution in [0.2, 0.25) is 0 Å². The zero-order valence-corrected chi connectivity index (χ0v) is 19.7. The molecule has 0 aliphatic heterocycles. The number of alkyl carbamates (subject to hydrolysis) is 1. The van der Waals surface area contributed by atoms with E-state index in [0.717, 1.165) is 12.0 Å². The first-order valence-electron chi connectivity index (χ1n) is 10.3. The Morgan fingerprint density at radius 1 is 1.20 bits per heavy atom. The molecule has 8 nitrogen and oxygen atoms in total. The van der Waals surface area contributed by atoms with Crippen LogP contribution in [-0.4, -0.2) is 52.5 Å². The molecule has 0 radical (unpaired) electrons. The molecule has 170 valence electrons. The zero-order valence-electron chi connectivity index (χ0n) is 18.9. The van der Waals surface area contributed by atoms with Gasteiger partial charge in [0.15, 0.2) is 15.8 Å². The number of carbonyl (C=O) groups excluding carboxylic acids is 1. The van der Waals surface area contributed by atoms with Crippen LogP contribution < -0.4 is 16.0 Å². The fourth-order valence-corrected chi connectivity index (χ4v) is 4.02. The van der Waals surface area contributed by atoms with Gasteiger partial charge in [0.2, 0.25) is 0 Å².